The number of methoxy groups -OCH3 is 1. The summed E-state index contributed by atoms with van der Waals surface area (Å²) in [4.78, 5) is 35.8. The van der Waals surface area contributed by atoms with E-state index in [1.807, 2.05) is 12.1 Å². The van der Waals surface area contributed by atoms with Crippen molar-refractivity contribution in [3.63, 3.8) is 0 Å². The molecule has 3 aromatic rings. The van der Waals surface area contributed by atoms with Crippen molar-refractivity contribution in [1.82, 2.24) is 0 Å². The molecule has 3 aromatic carbocycles. The molecule has 3 N–H and O–H groups in total. The summed E-state index contributed by atoms with van der Waals surface area (Å²) in [5, 5.41) is 16.8. The molecule has 0 aliphatic heterocycles. The van der Waals surface area contributed by atoms with Crippen LogP contribution in [0.5, 0.6) is 11.5 Å². The van der Waals surface area contributed by atoms with Crippen LogP contribution in [0.25, 0.3) is 10.8 Å². The number of hydrogen-bond donors (Lipinski definition) is 3. The first-order valence-corrected chi connectivity index (χ1v) is 9.01. The highest BCUT2D eigenvalue weighted by Crippen LogP contribution is 2.28. The Labute approximate surface area is 172 Å². The monoisotopic (exact) mass is 408 g/mol. The Morgan fingerprint density at radius 1 is 0.967 bits per heavy atom. The molecule has 0 aromatic heterocycles. The van der Waals surface area contributed by atoms with Crippen LogP contribution in [0.2, 0.25) is 0 Å². The summed E-state index contributed by atoms with van der Waals surface area (Å²) in [5.74, 6) is -1.56. The van der Waals surface area contributed by atoms with Gasteiger partial charge in [0, 0.05) is 12.6 Å². The third kappa shape index (κ3) is 4.85. The Balaban J connectivity index is 1.68. The van der Waals surface area contributed by atoms with E-state index in [0.717, 1.165) is 10.8 Å². The summed E-state index contributed by atoms with van der Waals surface area (Å²) < 4.78 is 10.2. The summed E-state index contributed by atoms with van der Waals surface area (Å²) >= 11 is 0. The van der Waals surface area contributed by atoms with Crippen LogP contribution in [0, 0.1) is 0 Å². The molecule has 0 heterocycles. The van der Waals surface area contributed by atoms with Gasteiger partial charge < -0.3 is 25.2 Å². The molecule has 0 saturated heterocycles. The highest BCUT2D eigenvalue weighted by atomic mass is 16.5. The van der Waals surface area contributed by atoms with Crippen LogP contribution >= 0.6 is 0 Å². The summed E-state index contributed by atoms with van der Waals surface area (Å²) in [6.45, 7) is 0.794. The van der Waals surface area contributed by atoms with Gasteiger partial charge in [-0.1, -0.05) is 24.3 Å². The average molecular weight is 408 g/mol. The molecule has 154 valence electrons. The average Bonchev–Trinajstić information content (AvgIpc) is 2.71. The molecule has 0 spiro atoms. The Kier molecular flexibility index (Phi) is 6.17. The van der Waals surface area contributed by atoms with Crippen molar-refractivity contribution in [3.05, 3.63) is 60.2 Å². The zero-order chi connectivity index (χ0) is 21.7. The standard InChI is InChI=1S/C22H20N2O6/c1-13(25)23-16-7-8-20(29-2)18(11-16)24-21(27)12-30-22(28)17-9-14-5-3-4-6-15(14)10-19(17)26/h3-11,26H,12H2,1-2H3,(H,23,25)(H,24,27). The van der Waals surface area contributed by atoms with Crippen LogP contribution in [0.15, 0.2) is 54.6 Å². The number of rotatable bonds is 6. The largest absolute Gasteiger partial charge is 0.507 e. The van der Waals surface area contributed by atoms with Crippen molar-refractivity contribution < 1.29 is 29.0 Å². The number of amides is 2. The van der Waals surface area contributed by atoms with E-state index < -0.39 is 18.5 Å². The number of aromatic hydroxyl groups is 1. The van der Waals surface area contributed by atoms with E-state index >= 15 is 0 Å². The van der Waals surface area contributed by atoms with Crippen LogP contribution in [-0.2, 0) is 14.3 Å². The van der Waals surface area contributed by atoms with Gasteiger partial charge in [0.15, 0.2) is 6.61 Å². The van der Waals surface area contributed by atoms with Gasteiger partial charge in [0.25, 0.3) is 5.91 Å². The first-order valence-electron chi connectivity index (χ1n) is 9.01. The van der Waals surface area contributed by atoms with Gasteiger partial charge >= 0.3 is 5.97 Å². The lowest BCUT2D eigenvalue weighted by Crippen LogP contribution is -2.21. The Bertz CT molecular complexity index is 1130. The fourth-order valence-electron chi connectivity index (χ4n) is 2.87. The minimum absolute atomic E-state index is 0.0354. The molecule has 0 saturated carbocycles. The van der Waals surface area contributed by atoms with Gasteiger partial charge in [-0.2, -0.15) is 0 Å². The van der Waals surface area contributed by atoms with E-state index in [2.05, 4.69) is 10.6 Å². The molecule has 0 atom stereocenters. The van der Waals surface area contributed by atoms with Crippen LogP contribution in [0.4, 0.5) is 11.4 Å². The van der Waals surface area contributed by atoms with Crippen molar-refractivity contribution in [1.29, 1.82) is 0 Å². The topological polar surface area (TPSA) is 114 Å². The Morgan fingerprint density at radius 3 is 2.33 bits per heavy atom. The van der Waals surface area contributed by atoms with Crippen molar-refractivity contribution in [2.45, 2.75) is 6.92 Å². The quantitative estimate of drug-likeness (QED) is 0.539. The van der Waals surface area contributed by atoms with Crippen LogP contribution in [-0.4, -0.2) is 36.6 Å². The third-order valence-electron chi connectivity index (χ3n) is 4.21. The molecule has 0 radical (unpaired) electrons. The lowest BCUT2D eigenvalue weighted by molar-refractivity contribution is -0.119. The number of carbonyl (C=O) groups excluding carboxylic acids is 3. The number of nitrogens with one attached hydrogen (secondary N) is 2. The third-order valence-corrected chi connectivity index (χ3v) is 4.21. The Hall–Kier alpha value is -4.07. The molecule has 3 rings (SSSR count). The second kappa shape index (κ2) is 8.95. The fourth-order valence-corrected chi connectivity index (χ4v) is 2.87. The normalized spacial score (nSPS) is 10.3. The predicted molar refractivity (Wildman–Crippen MR) is 112 cm³/mol. The van der Waals surface area contributed by atoms with E-state index in [4.69, 9.17) is 9.47 Å². The highest BCUT2D eigenvalue weighted by Gasteiger charge is 2.16. The highest BCUT2D eigenvalue weighted by molar-refractivity contribution is 6.01. The SMILES string of the molecule is COc1ccc(NC(C)=O)cc1NC(=O)COC(=O)c1cc2ccccc2cc1O. The molecule has 30 heavy (non-hydrogen) atoms. The second-order valence-corrected chi connectivity index (χ2v) is 6.44. The van der Waals surface area contributed by atoms with E-state index in [9.17, 15) is 19.5 Å². The van der Waals surface area contributed by atoms with Crippen molar-refractivity contribution in [2.75, 3.05) is 24.4 Å². The van der Waals surface area contributed by atoms with E-state index in [1.54, 1.807) is 24.3 Å². The number of benzene rings is 3. The number of phenols is 1. The summed E-state index contributed by atoms with van der Waals surface area (Å²) in [7, 11) is 1.44. The predicted octanol–water partition coefficient (Wildman–Crippen LogP) is 3.31. The molecule has 8 heteroatoms. The van der Waals surface area contributed by atoms with Gasteiger partial charge in [-0.3, -0.25) is 9.59 Å². The first-order chi connectivity index (χ1) is 14.4. The molecular formula is C22H20N2O6. The number of fused-ring (bicyclic) bond motifs is 1. The van der Waals surface area contributed by atoms with Gasteiger partial charge in [-0.15, -0.1) is 0 Å². The first kappa shape index (κ1) is 20.7. The van der Waals surface area contributed by atoms with Gasteiger partial charge in [-0.25, -0.2) is 4.79 Å². The van der Waals surface area contributed by atoms with Crippen LogP contribution in [0.1, 0.15) is 17.3 Å². The summed E-state index contributed by atoms with van der Waals surface area (Å²) in [6, 6.07) is 14.9. The maximum absolute atomic E-state index is 12.3. The lowest BCUT2D eigenvalue weighted by Gasteiger charge is -2.13. The van der Waals surface area contributed by atoms with Crippen molar-refractivity contribution in [2.24, 2.45) is 0 Å². The number of phenolic OH excluding ortho intramolecular Hbond substituents is 1. The Morgan fingerprint density at radius 2 is 1.67 bits per heavy atom. The number of esters is 1. The van der Waals surface area contributed by atoms with Gasteiger partial charge in [0.2, 0.25) is 5.91 Å². The van der Waals surface area contributed by atoms with Crippen molar-refractivity contribution in [3.8, 4) is 11.5 Å². The van der Waals surface area contributed by atoms with Gasteiger partial charge in [0.05, 0.1) is 12.8 Å². The molecule has 0 unspecified atom stereocenters. The minimum Gasteiger partial charge on any atom is -0.507 e. The summed E-state index contributed by atoms with van der Waals surface area (Å²) in [6.07, 6.45) is 0. The maximum Gasteiger partial charge on any atom is 0.342 e. The zero-order valence-corrected chi connectivity index (χ0v) is 16.4. The number of carbonyl (C=O) groups is 3. The van der Waals surface area contributed by atoms with Crippen molar-refractivity contribution >= 4 is 39.9 Å². The molecule has 2 amide bonds. The van der Waals surface area contributed by atoms with Crippen LogP contribution < -0.4 is 15.4 Å². The van der Waals surface area contributed by atoms with E-state index in [1.165, 1.54) is 32.2 Å². The molecular weight excluding hydrogens is 388 g/mol. The van der Waals surface area contributed by atoms with Crippen LogP contribution in [0.3, 0.4) is 0 Å². The van der Waals surface area contributed by atoms with Gasteiger partial charge in [0.1, 0.15) is 17.1 Å². The maximum atomic E-state index is 12.3. The van der Waals surface area contributed by atoms with E-state index in [-0.39, 0.29) is 17.2 Å². The number of anilines is 2. The molecule has 0 bridgehead atoms. The second-order valence-electron chi connectivity index (χ2n) is 6.44. The summed E-state index contributed by atoms with van der Waals surface area (Å²) in [5.41, 5.74) is 0.738. The smallest absolute Gasteiger partial charge is 0.342 e. The van der Waals surface area contributed by atoms with Gasteiger partial charge in [-0.05, 0) is 41.1 Å². The molecule has 0 aliphatic carbocycles. The minimum atomic E-state index is -0.827. The zero-order valence-electron chi connectivity index (χ0n) is 16.4. The molecule has 8 nitrogen and oxygen atoms in total. The molecule has 0 aliphatic rings. The van der Waals surface area contributed by atoms with E-state index in [0.29, 0.717) is 17.1 Å². The molecule has 0 fully saturated rings. The number of ether oxygens (including phenoxy) is 2. The number of hydrogen-bond acceptors (Lipinski definition) is 6. The lowest BCUT2D eigenvalue weighted by atomic mass is 10.1. The fraction of sp³-hybridized carbons (Fsp3) is 0.136.